The van der Waals surface area contributed by atoms with Gasteiger partial charge in [0.15, 0.2) is 0 Å². The number of benzene rings is 1. The van der Waals surface area contributed by atoms with Crippen molar-refractivity contribution in [3.8, 4) is 11.3 Å². The molecule has 0 aliphatic heterocycles. The molecule has 0 atom stereocenters. The summed E-state index contributed by atoms with van der Waals surface area (Å²) in [4.78, 5) is 28.9. The van der Waals surface area contributed by atoms with E-state index in [2.05, 4.69) is 15.3 Å². The van der Waals surface area contributed by atoms with Gasteiger partial charge in [-0.25, -0.2) is 4.98 Å². The molecule has 1 aromatic heterocycles. The van der Waals surface area contributed by atoms with Crippen molar-refractivity contribution < 1.29 is 4.79 Å². The van der Waals surface area contributed by atoms with E-state index >= 15 is 0 Å². The van der Waals surface area contributed by atoms with E-state index in [-0.39, 0.29) is 11.5 Å². The number of carbonyl (C=O) groups is 1. The summed E-state index contributed by atoms with van der Waals surface area (Å²) in [6.45, 7) is 1.41. The summed E-state index contributed by atoms with van der Waals surface area (Å²) in [5.41, 5.74) is 1.34. The first kappa shape index (κ1) is 12.3. The van der Waals surface area contributed by atoms with Gasteiger partial charge in [-0.2, -0.15) is 0 Å². The fourth-order valence-electron chi connectivity index (χ4n) is 1.54. The third-order valence-corrected chi connectivity index (χ3v) is 2.48. The summed E-state index contributed by atoms with van der Waals surface area (Å²) < 4.78 is 0. The number of rotatable bonds is 2. The van der Waals surface area contributed by atoms with E-state index in [0.717, 1.165) is 0 Å². The van der Waals surface area contributed by atoms with Crippen LogP contribution in [0.25, 0.3) is 11.3 Å². The Morgan fingerprint density at radius 2 is 2.17 bits per heavy atom. The fraction of sp³-hybridized carbons (Fsp3) is 0.0833. The first-order valence-corrected chi connectivity index (χ1v) is 5.56. The molecule has 0 saturated carbocycles. The van der Waals surface area contributed by atoms with Crippen LogP contribution < -0.4 is 10.9 Å². The predicted octanol–water partition coefficient (Wildman–Crippen LogP) is 2.05. The molecular weight excluding hydrogens is 254 g/mol. The molecule has 0 bridgehead atoms. The topological polar surface area (TPSA) is 74.8 Å². The van der Waals surface area contributed by atoms with Gasteiger partial charge in [-0.05, 0) is 18.2 Å². The van der Waals surface area contributed by atoms with Gasteiger partial charge in [0.2, 0.25) is 5.91 Å². The highest BCUT2D eigenvalue weighted by atomic mass is 35.5. The maximum atomic E-state index is 11.3. The van der Waals surface area contributed by atoms with Crippen LogP contribution in [0, 0.1) is 0 Å². The Labute approximate surface area is 108 Å². The monoisotopic (exact) mass is 263 g/mol. The molecule has 0 radical (unpaired) electrons. The van der Waals surface area contributed by atoms with Gasteiger partial charge in [-0.15, -0.1) is 0 Å². The lowest BCUT2D eigenvalue weighted by atomic mass is 10.1. The Morgan fingerprint density at radius 3 is 2.83 bits per heavy atom. The van der Waals surface area contributed by atoms with Crippen molar-refractivity contribution in [2.24, 2.45) is 0 Å². The number of aromatic nitrogens is 2. The first-order chi connectivity index (χ1) is 8.56. The molecule has 1 aromatic carbocycles. The zero-order valence-corrected chi connectivity index (χ0v) is 10.3. The Balaban J connectivity index is 2.57. The van der Waals surface area contributed by atoms with Crippen LogP contribution >= 0.6 is 11.6 Å². The van der Waals surface area contributed by atoms with E-state index in [1.54, 1.807) is 18.2 Å². The number of hydrogen-bond donors (Lipinski definition) is 2. The third-order valence-electron chi connectivity index (χ3n) is 2.25. The van der Waals surface area contributed by atoms with Crippen LogP contribution in [0.4, 0.5) is 5.69 Å². The largest absolute Gasteiger partial charge is 0.326 e. The normalized spacial score (nSPS) is 10.1. The van der Waals surface area contributed by atoms with E-state index in [4.69, 9.17) is 11.6 Å². The third kappa shape index (κ3) is 2.75. The van der Waals surface area contributed by atoms with Gasteiger partial charge < -0.3 is 10.3 Å². The van der Waals surface area contributed by atoms with Gasteiger partial charge in [0.1, 0.15) is 0 Å². The highest BCUT2D eigenvalue weighted by Crippen LogP contribution is 2.28. The average molecular weight is 264 g/mol. The summed E-state index contributed by atoms with van der Waals surface area (Å²) in [5, 5.41) is 3.17. The molecule has 0 aliphatic carbocycles. The number of aromatic amines is 1. The van der Waals surface area contributed by atoms with Gasteiger partial charge in [0, 0.05) is 23.6 Å². The van der Waals surface area contributed by atoms with Gasteiger partial charge in [-0.3, -0.25) is 9.59 Å². The van der Waals surface area contributed by atoms with Crippen LogP contribution in [0.2, 0.25) is 5.02 Å². The van der Waals surface area contributed by atoms with Crippen molar-refractivity contribution in [1.29, 1.82) is 0 Å². The molecule has 0 aliphatic rings. The number of halogens is 1. The number of amides is 1. The lowest BCUT2D eigenvalue weighted by Gasteiger charge is -2.09. The van der Waals surface area contributed by atoms with E-state index in [0.29, 0.717) is 22.0 Å². The van der Waals surface area contributed by atoms with E-state index in [1.165, 1.54) is 19.3 Å². The minimum atomic E-state index is -0.270. The molecule has 6 heteroatoms. The molecule has 18 heavy (non-hydrogen) atoms. The lowest BCUT2D eigenvalue weighted by molar-refractivity contribution is -0.114. The van der Waals surface area contributed by atoms with Crippen LogP contribution in [0.1, 0.15) is 6.92 Å². The zero-order valence-electron chi connectivity index (χ0n) is 9.53. The minimum absolute atomic E-state index is 0.205. The Kier molecular flexibility index (Phi) is 3.43. The zero-order chi connectivity index (χ0) is 13.1. The highest BCUT2D eigenvalue weighted by Gasteiger charge is 2.09. The van der Waals surface area contributed by atoms with Crippen LogP contribution in [-0.4, -0.2) is 15.9 Å². The second-order valence-corrected chi connectivity index (χ2v) is 4.10. The maximum absolute atomic E-state index is 11.3. The molecule has 5 nitrogen and oxygen atoms in total. The van der Waals surface area contributed by atoms with Crippen LogP contribution in [-0.2, 0) is 4.79 Å². The molecule has 1 heterocycles. The maximum Gasteiger partial charge on any atom is 0.251 e. The molecule has 0 fully saturated rings. The van der Waals surface area contributed by atoms with Gasteiger partial charge in [-0.1, -0.05) is 11.6 Å². The molecule has 0 spiro atoms. The van der Waals surface area contributed by atoms with Gasteiger partial charge in [0.05, 0.1) is 17.7 Å². The first-order valence-electron chi connectivity index (χ1n) is 5.18. The number of carbonyl (C=O) groups excluding carboxylic acids is 1. The van der Waals surface area contributed by atoms with Crippen molar-refractivity contribution in [3.05, 3.63) is 46.0 Å². The summed E-state index contributed by atoms with van der Waals surface area (Å²) in [7, 11) is 0. The quantitative estimate of drug-likeness (QED) is 0.871. The second kappa shape index (κ2) is 5.01. The van der Waals surface area contributed by atoms with E-state index < -0.39 is 0 Å². The Morgan fingerprint density at radius 1 is 1.39 bits per heavy atom. The number of hydrogen-bond acceptors (Lipinski definition) is 3. The Hall–Kier alpha value is -2.14. The van der Waals surface area contributed by atoms with Crippen molar-refractivity contribution in [2.45, 2.75) is 6.92 Å². The highest BCUT2D eigenvalue weighted by molar-refractivity contribution is 6.31. The predicted molar refractivity (Wildman–Crippen MR) is 69.6 cm³/mol. The molecule has 0 saturated heterocycles. The van der Waals surface area contributed by atoms with Gasteiger partial charge >= 0.3 is 0 Å². The van der Waals surface area contributed by atoms with E-state index in [1.807, 2.05) is 0 Å². The molecule has 2 aromatic rings. The van der Waals surface area contributed by atoms with Crippen molar-refractivity contribution >= 4 is 23.2 Å². The van der Waals surface area contributed by atoms with Gasteiger partial charge in [0.25, 0.3) is 5.56 Å². The Bertz CT molecular complexity index is 652. The standard InChI is InChI=1S/C12H10ClN3O2/c1-7(17)16-10-3-2-8(13)4-9(10)11-5-12(18)15-6-14-11/h2-6H,1H3,(H,16,17)(H,14,15,18). The smallest absolute Gasteiger partial charge is 0.251 e. The summed E-state index contributed by atoms with van der Waals surface area (Å²) in [6, 6.07) is 6.32. The molecule has 1 amide bonds. The van der Waals surface area contributed by atoms with Crippen molar-refractivity contribution in [3.63, 3.8) is 0 Å². The number of H-pyrrole nitrogens is 1. The molecule has 2 N–H and O–H groups in total. The molecular formula is C12H10ClN3O2. The average Bonchev–Trinajstić information content (AvgIpc) is 2.31. The minimum Gasteiger partial charge on any atom is -0.326 e. The number of nitrogens with zero attached hydrogens (tertiary/aromatic N) is 1. The molecule has 92 valence electrons. The second-order valence-electron chi connectivity index (χ2n) is 3.67. The van der Waals surface area contributed by atoms with Crippen LogP contribution in [0.3, 0.4) is 0 Å². The van der Waals surface area contributed by atoms with Crippen LogP contribution in [0.15, 0.2) is 35.4 Å². The number of nitrogens with one attached hydrogen (secondary N) is 2. The fourth-order valence-corrected chi connectivity index (χ4v) is 1.71. The van der Waals surface area contributed by atoms with Crippen LogP contribution in [0.5, 0.6) is 0 Å². The summed E-state index contributed by atoms with van der Waals surface area (Å²) in [6.07, 6.45) is 1.30. The summed E-state index contributed by atoms with van der Waals surface area (Å²) >= 11 is 5.92. The van der Waals surface area contributed by atoms with E-state index in [9.17, 15) is 9.59 Å². The molecule has 0 unspecified atom stereocenters. The number of anilines is 1. The lowest BCUT2D eigenvalue weighted by Crippen LogP contribution is -2.09. The van der Waals surface area contributed by atoms with Crippen molar-refractivity contribution in [2.75, 3.05) is 5.32 Å². The SMILES string of the molecule is CC(=O)Nc1ccc(Cl)cc1-c1cc(=O)[nH]cn1. The summed E-state index contributed by atoms with van der Waals surface area (Å²) in [5.74, 6) is -0.205. The molecule has 2 rings (SSSR count). The van der Waals surface area contributed by atoms with Crippen molar-refractivity contribution in [1.82, 2.24) is 9.97 Å².